The van der Waals surface area contributed by atoms with Crippen molar-refractivity contribution in [1.29, 1.82) is 0 Å². The van der Waals surface area contributed by atoms with Gasteiger partial charge in [-0.25, -0.2) is 4.79 Å². The minimum Gasteiger partial charge on any atom is -0.496 e. The second kappa shape index (κ2) is 5.95. The zero-order valence-corrected chi connectivity index (χ0v) is 12.5. The van der Waals surface area contributed by atoms with Crippen molar-refractivity contribution in [3.05, 3.63) is 45.7 Å². The number of carbonyl (C=O) groups excluding carboxylic acids is 1. The van der Waals surface area contributed by atoms with Gasteiger partial charge in [0.1, 0.15) is 5.75 Å². The molecule has 0 aliphatic rings. The first-order chi connectivity index (χ1) is 9.93. The summed E-state index contributed by atoms with van der Waals surface area (Å²) in [6, 6.07) is 5.15. The fourth-order valence-corrected chi connectivity index (χ4v) is 2.13. The van der Waals surface area contributed by atoms with Crippen molar-refractivity contribution < 1.29 is 14.1 Å². The van der Waals surface area contributed by atoms with Gasteiger partial charge in [0.05, 0.1) is 13.7 Å². The molecule has 0 radical (unpaired) electrons. The molecule has 0 atom stereocenters. The van der Waals surface area contributed by atoms with Crippen LogP contribution in [0.15, 0.2) is 27.5 Å². The second-order valence-electron chi connectivity index (χ2n) is 5.13. The molecule has 0 N–H and O–H groups in total. The van der Waals surface area contributed by atoms with E-state index >= 15 is 0 Å². The highest BCUT2D eigenvalue weighted by molar-refractivity contribution is 5.94. The SMILES string of the molecule is COc1ccc(C(C)=O)cc1Cn1c(C(C)C)noc1=O. The molecule has 0 bridgehead atoms. The highest BCUT2D eigenvalue weighted by Gasteiger charge is 2.16. The predicted octanol–water partition coefficient (Wildman–Crippen LogP) is 2.22. The number of ketones is 1. The average Bonchev–Trinajstić information content (AvgIpc) is 2.80. The van der Waals surface area contributed by atoms with Crippen molar-refractivity contribution in [1.82, 2.24) is 9.72 Å². The third-order valence-electron chi connectivity index (χ3n) is 3.25. The molecular formula is C15H18N2O4. The Labute approximate surface area is 122 Å². The van der Waals surface area contributed by atoms with Gasteiger partial charge < -0.3 is 4.74 Å². The minimum atomic E-state index is -0.519. The normalized spacial score (nSPS) is 10.9. The van der Waals surface area contributed by atoms with E-state index in [2.05, 4.69) is 5.16 Å². The Balaban J connectivity index is 2.48. The van der Waals surface area contributed by atoms with Crippen LogP contribution in [-0.4, -0.2) is 22.6 Å². The molecule has 0 aliphatic carbocycles. The number of ether oxygens (including phenoxy) is 1. The van der Waals surface area contributed by atoms with Crippen molar-refractivity contribution in [2.75, 3.05) is 7.11 Å². The van der Waals surface area contributed by atoms with E-state index in [0.717, 1.165) is 5.56 Å². The molecule has 0 amide bonds. The molecule has 2 aromatic rings. The lowest BCUT2D eigenvalue weighted by atomic mass is 10.1. The summed E-state index contributed by atoms with van der Waals surface area (Å²) in [5, 5.41) is 3.79. The summed E-state index contributed by atoms with van der Waals surface area (Å²) in [5.74, 6) is 0.672. The first kappa shape index (κ1) is 15.0. The fourth-order valence-electron chi connectivity index (χ4n) is 2.13. The number of hydrogen-bond acceptors (Lipinski definition) is 5. The van der Waals surface area contributed by atoms with Gasteiger partial charge in [-0.15, -0.1) is 0 Å². The van der Waals surface area contributed by atoms with E-state index in [1.165, 1.54) is 11.5 Å². The molecule has 0 spiro atoms. The Kier molecular flexibility index (Phi) is 4.26. The lowest BCUT2D eigenvalue weighted by Crippen LogP contribution is -2.19. The van der Waals surface area contributed by atoms with Crippen LogP contribution in [0.25, 0.3) is 0 Å². The van der Waals surface area contributed by atoms with Crippen molar-refractivity contribution in [2.24, 2.45) is 0 Å². The molecule has 6 nitrogen and oxygen atoms in total. The summed E-state index contributed by atoms with van der Waals surface area (Å²) in [7, 11) is 1.55. The van der Waals surface area contributed by atoms with Crippen LogP contribution in [0.4, 0.5) is 0 Å². The molecule has 0 aliphatic heterocycles. The predicted molar refractivity (Wildman–Crippen MR) is 77.0 cm³/mol. The van der Waals surface area contributed by atoms with Gasteiger partial charge in [-0.05, 0) is 25.1 Å². The molecule has 1 aromatic heterocycles. The van der Waals surface area contributed by atoms with Crippen molar-refractivity contribution >= 4 is 5.78 Å². The average molecular weight is 290 g/mol. The third-order valence-corrected chi connectivity index (χ3v) is 3.25. The lowest BCUT2D eigenvalue weighted by Gasteiger charge is -2.11. The molecule has 112 valence electrons. The molecular weight excluding hydrogens is 272 g/mol. The van der Waals surface area contributed by atoms with Crippen LogP contribution in [-0.2, 0) is 6.54 Å². The van der Waals surface area contributed by atoms with Gasteiger partial charge in [-0.3, -0.25) is 13.9 Å². The van der Waals surface area contributed by atoms with Crippen LogP contribution >= 0.6 is 0 Å². The molecule has 1 aromatic carbocycles. The number of hydrogen-bond donors (Lipinski definition) is 0. The summed E-state index contributed by atoms with van der Waals surface area (Å²) >= 11 is 0. The summed E-state index contributed by atoms with van der Waals surface area (Å²) in [5.41, 5.74) is 1.30. The number of Topliss-reactive ketones (excluding diaryl/α,β-unsaturated/α-hetero) is 1. The molecule has 2 rings (SSSR count). The molecule has 6 heteroatoms. The third kappa shape index (κ3) is 3.04. The summed E-state index contributed by atoms with van der Waals surface area (Å²) in [6.45, 7) is 5.60. The van der Waals surface area contributed by atoms with Crippen molar-refractivity contribution in [3.8, 4) is 5.75 Å². The van der Waals surface area contributed by atoms with Crippen LogP contribution in [0, 0.1) is 0 Å². The quantitative estimate of drug-likeness (QED) is 0.789. The van der Waals surface area contributed by atoms with Gasteiger partial charge in [-0.1, -0.05) is 19.0 Å². The lowest BCUT2D eigenvalue weighted by molar-refractivity contribution is 0.101. The van der Waals surface area contributed by atoms with Gasteiger partial charge in [0, 0.05) is 17.0 Å². The molecule has 0 unspecified atom stereocenters. The number of nitrogens with zero attached hydrogens (tertiary/aromatic N) is 2. The maximum Gasteiger partial charge on any atom is 0.441 e. The molecule has 1 heterocycles. The Morgan fingerprint density at radius 3 is 2.71 bits per heavy atom. The van der Waals surface area contributed by atoms with Crippen LogP contribution in [0.5, 0.6) is 5.75 Å². The molecule has 0 saturated heterocycles. The van der Waals surface area contributed by atoms with Crippen LogP contribution in [0.1, 0.15) is 48.4 Å². The zero-order valence-electron chi connectivity index (χ0n) is 12.5. The van der Waals surface area contributed by atoms with E-state index in [0.29, 0.717) is 17.1 Å². The van der Waals surface area contributed by atoms with E-state index in [4.69, 9.17) is 9.26 Å². The van der Waals surface area contributed by atoms with Gasteiger partial charge in [-0.2, -0.15) is 0 Å². The maximum atomic E-state index is 11.8. The minimum absolute atomic E-state index is 0.0411. The zero-order chi connectivity index (χ0) is 15.6. The highest BCUT2D eigenvalue weighted by Crippen LogP contribution is 2.22. The largest absolute Gasteiger partial charge is 0.496 e. The second-order valence-corrected chi connectivity index (χ2v) is 5.13. The Morgan fingerprint density at radius 1 is 1.43 bits per heavy atom. The molecule has 0 saturated carbocycles. The molecule has 21 heavy (non-hydrogen) atoms. The monoisotopic (exact) mass is 290 g/mol. The summed E-state index contributed by atoms with van der Waals surface area (Å²) in [4.78, 5) is 23.3. The van der Waals surface area contributed by atoms with E-state index in [9.17, 15) is 9.59 Å². The van der Waals surface area contributed by atoms with Gasteiger partial charge in [0.25, 0.3) is 0 Å². The number of carbonyl (C=O) groups is 1. The van der Waals surface area contributed by atoms with E-state index in [-0.39, 0.29) is 18.2 Å². The summed E-state index contributed by atoms with van der Waals surface area (Å²) in [6.07, 6.45) is 0. The number of benzene rings is 1. The first-order valence-corrected chi connectivity index (χ1v) is 6.68. The Hall–Kier alpha value is -2.37. The van der Waals surface area contributed by atoms with E-state index < -0.39 is 5.76 Å². The standard InChI is InChI=1S/C15H18N2O4/c1-9(2)14-16-21-15(19)17(14)8-12-7-11(10(3)18)5-6-13(12)20-4/h5-7,9H,8H2,1-4H3. The molecule has 0 fully saturated rings. The van der Waals surface area contributed by atoms with Crippen LogP contribution in [0.3, 0.4) is 0 Å². The fraction of sp³-hybridized carbons (Fsp3) is 0.400. The van der Waals surface area contributed by atoms with Crippen LogP contribution in [0.2, 0.25) is 0 Å². The van der Waals surface area contributed by atoms with Crippen LogP contribution < -0.4 is 10.5 Å². The maximum absolute atomic E-state index is 11.8. The Morgan fingerprint density at radius 2 is 2.14 bits per heavy atom. The van der Waals surface area contributed by atoms with Crippen molar-refractivity contribution in [3.63, 3.8) is 0 Å². The Bertz CT molecular complexity index is 713. The summed E-state index contributed by atoms with van der Waals surface area (Å²) < 4.78 is 11.5. The first-order valence-electron chi connectivity index (χ1n) is 6.68. The van der Waals surface area contributed by atoms with Crippen molar-refractivity contribution in [2.45, 2.75) is 33.2 Å². The number of aromatic nitrogens is 2. The van der Waals surface area contributed by atoms with E-state index in [1.807, 2.05) is 13.8 Å². The smallest absolute Gasteiger partial charge is 0.441 e. The van der Waals surface area contributed by atoms with Gasteiger partial charge >= 0.3 is 5.76 Å². The topological polar surface area (TPSA) is 74.3 Å². The van der Waals surface area contributed by atoms with E-state index in [1.54, 1.807) is 25.3 Å². The van der Waals surface area contributed by atoms with Gasteiger partial charge in [0.15, 0.2) is 11.6 Å². The van der Waals surface area contributed by atoms with Gasteiger partial charge in [0.2, 0.25) is 0 Å². The number of rotatable bonds is 5. The number of methoxy groups -OCH3 is 1. The highest BCUT2D eigenvalue weighted by atomic mass is 16.5.